The van der Waals surface area contributed by atoms with Crippen LogP contribution in [0.2, 0.25) is 0 Å². The van der Waals surface area contributed by atoms with E-state index in [4.69, 9.17) is 9.47 Å². The summed E-state index contributed by atoms with van der Waals surface area (Å²) >= 11 is 0. The van der Waals surface area contributed by atoms with Crippen LogP contribution in [0, 0.1) is 0 Å². The molecular weight excluding hydrogens is 226 g/mol. The molecule has 0 aromatic rings. The molecule has 6 nitrogen and oxygen atoms in total. The van der Waals surface area contributed by atoms with E-state index in [9.17, 15) is 14.4 Å². The van der Waals surface area contributed by atoms with Crippen LogP contribution < -0.4 is 0 Å². The Kier molecular flexibility index (Phi) is 6.21. The van der Waals surface area contributed by atoms with Gasteiger partial charge in [-0.05, 0) is 13.8 Å². The fourth-order valence-electron chi connectivity index (χ4n) is 0.650. The first-order valence-electron chi connectivity index (χ1n) is 4.65. The summed E-state index contributed by atoms with van der Waals surface area (Å²) in [6.45, 7) is 9.27. The average molecular weight is 239 g/mol. The molecule has 0 saturated carbocycles. The van der Waals surface area contributed by atoms with Crippen LogP contribution in [0.4, 0.5) is 0 Å². The van der Waals surface area contributed by atoms with Crippen LogP contribution in [0.1, 0.15) is 13.8 Å². The number of nitrogens with zero attached hydrogens (tertiary/aromatic N) is 1. The highest BCUT2D eigenvalue weighted by molar-refractivity contribution is 5.88. The third kappa shape index (κ3) is 6.06. The lowest BCUT2D eigenvalue weighted by molar-refractivity contribution is -0.180. The van der Waals surface area contributed by atoms with Gasteiger partial charge in [-0.3, -0.25) is 0 Å². The third-order valence-electron chi connectivity index (χ3n) is 1.48. The van der Waals surface area contributed by atoms with Gasteiger partial charge in [-0.25, -0.2) is 14.4 Å². The van der Waals surface area contributed by atoms with Crippen LogP contribution >= 0.6 is 0 Å². The van der Waals surface area contributed by atoms with Gasteiger partial charge in [0.2, 0.25) is 6.08 Å². The van der Waals surface area contributed by atoms with E-state index in [1.165, 1.54) is 19.9 Å². The zero-order chi connectivity index (χ0) is 13.4. The maximum atomic E-state index is 11.2. The molecule has 0 amide bonds. The number of isocyanates is 1. The van der Waals surface area contributed by atoms with E-state index in [1.54, 1.807) is 0 Å². The molecule has 0 spiro atoms. The number of aliphatic imine (C=N–C) groups is 1. The summed E-state index contributed by atoms with van der Waals surface area (Å²) in [6, 6.07) is 0. The largest absolute Gasteiger partial charge is 0.420 e. The number of rotatable bonds is 6. The maximum Gasteiger partial charge on any atom is 0.336 e. The Hall–Kier alpha value is -2.20. The molecule has 0 aromatic heterocycles. The lowest BCUT2D eigenvalue weighted by Gasteiger charge is -2.15. The summed E-state index contributed by atoms with van der Waals surface area (Å²) in [6.07, 6.45) is -0.0365. The molecule has 0 radical (unpaired) electrons. The van der Waals surface area contributed by atoms with Crippen molar-refractivity contribution in [1.82, 2.24) is 0 Å². The molecule has 0 aliphatic heterocycles. The number of carbonyl (C=O) groups is 2. The van der Waals surface area contributed by atoms with Crippen molar-refractivity contribution in [3.05, 3.63) is 24.3 Å². The van der Waals surface area contributed by atoms with Crippen molar-refractivity contribution in [2.75, 3.05) is 6.54 Å². The van der Waals surface area contributed by atoms with Crippen molar-refractivity contribution in [2.45, 2.75) is 20.1 Å². The first-order chi connectivity index (χ1) is 7.88. The fraction of sp³-hybridized carbons (Fsp3) is 0.364. The minimum absolute atomic E-state index is 0.136. The minimum Gasteiger partial charge on any atom is -0.420 e. The first kappa shape index (κ1) is 14.8. The lowest BCUT2D eigenvalue weighted by Crippen LogP contribution is -2.27. The fourth-order valence-corrected chi connectivity index (χ4v) is 0.650. The van der Waals surface area contributed by atoms with Gasteiger partial charge in [-0.15, -0.1) is 0 Å². The van der Waals surface area contributed by atoms with Crippen molar-refractivity contribution in [3.8, 4) is 0 Å². The molecule has 0 bridgehead atoms. The predicted octanol–water partition coefficient (Wildman–Crippen LogP) is 0.887. The highest BCUT2D eigenvalue weighted by Crippen LogP contribution is 2.04. The molecule has 0 aliphatic rings. The Balaban J connectivity index is 4.58. The number of carbonyl (C=O) groups excluding carboxylic acids is 3. The molecule has 92 valence electrons. The second kappa shape index (κ2) is 7.14. The van der Waals surface area contributed by atoms with Crippen LogP contribution in [0.5, 0.6) is 0 Å². The summed E-state index contributed by atoms with van der Waals surface area (Å²) in [5, 5.41) is 0. The van der Waals surface area contributed by atoms with Crippen LogP contribution in [-0.4, -0.2) is 30.9 Å². The van der Waals surface area contributed by atoms with Gasteiger partial charge in [0.25, 0.3) is 6.29 Å². The number of esters is 2. The van der Waals surface area contributed by atoms with Crippen molar-refractivity contribution >= 4 is 18.0 Å². The summed E-state index contributed by atoms with van der Waals surface area (Å²) in [5.74, 6) is -1.49. The molecule has 0 unspecified atom stereocenters. The van der Waals surface area contributed by atoms with E-state index in [0.717, 1.165) is 0 Å². The maximum absolute atomic E-state index is 11.2. The highest BCUT2D eigenvalue weighted by atomic mass is 16.7. The summed E-state index contributed by atoms with van der Waals surface area (Å²) in [5.41, 5.74) is 0.271. The van der Waals surface area contributed by atoms with E-state index in [2.05, 4.69) is 18.2 Å². The van der Waals surface area contributed by atoms with E-state index in [-0.39, 0.29) is 17.7 Å². The summed E-state index contributed by atoms with van der Waals surface area (Å²) in [7, 11) is 0. The molecule has 17 heavy (non-hydrogen) atoms. The Morgan fingerprint density at radius 1 is 1.18 bits per heavy atom. The second-order valence-corrected chi connectivity index (χ2v) is 3.23. The van der Waals surface area contributed by atoms with Crippen LogP contribution in [0.15, 0.2) is 29.3 Å². The topological polar surface area (TPSA) is 82.0 Å². The zero-order valence-electron chi connectivity index (χ0n) is 9.69. The van der Waals surface area contributed by atoms with Crippen LogP contribution in [0.25, 0.3) is 0 Å². The van der Waals surface area contributed by atoms with Gasteiger partial charge in [0.15, 0.2) is 0 Å². The Bertz CT molecular complexity index is 365. The highest BCUT2D eigenvalue weighted by Gasteiger charge is 2.19. The molecule has 0 heterocycles. The molecule has 0 aromatic carbocycles. The van der Waals surface area contributed by atoms with Gasteiger partial charge >= 0.3 is 11.9 Å². The van der Waals surface area contributed by atoms with E-state index >= 15 is 0 Å². The molecule has 0 N–H and O–H groups in total. The SMILES string of the molecule is C=C(C)C(=O)OC(CN=C=O)OC(=O)C(=C)C. The first-order valence-corrected chi connectivity index (χ1v) is 4.65. The summed E-state index contributed by atoms with van der Waals surface area (Å²) in [4.78, 5) is 35.5. The molecular formula is C11H13NO5. The second-order valence-electron chi connectivity index (χ2n) is 3.23. The summed E-state index contributed by atoms with van der Waals surface area (Å²) < 4.78 is 9.48. The predicted molar refractivity (Wildman–Crippen MR) is 58.6 cm³/mol. The molecule has 0 rings (SSSR count). The van der Waals surface area contributed by atoms with Crippen LogP contribution in [-0.2, 0) is 23.9 Å². The molecule has 6 heteroatoms. The van der Waals surface area contributed by atoms with Gasteiger partial charge in [0.1, 0.15) is 6.54 Å². The normalized spacial score (nSPS) is 9.12. The minimum atomic E-state index is -1.29. The third-order valence-corrected chi connectivity index (χ3v) is 1.48. The van der Waals surface area contributed by atoms with Gasteiger partial charge in [-0.2, -0.15) is 4.99 Å². The van der Waals surface area contributed by atoms with Gasteiger partial charge < -0.3 is 9.47 Å². The monoisotopic (exact) mass is 239 g/mol. The molecule has 0 fully saturated rings. The molecule has 0 aliphatic carbocycles. The van der Waals surface area contributed by atoms with Crippen LogP contribution in [0.3, 0.4) is 0 Å². The van der Waals surface area contributed by atoms with Gasteiger partial charge in [0, 0.05) is 11.1 Å². The Morgan fingerprint density at radius 2 is 1.59 bits per heavy atom. The average Bonchev–Trinajstić information content (AvgIpc) is 2.25. The quantitative estimate of drug-likeness (QED) is 0.226. The van der Waals surface area contributed by atoms with Crippen molar-refractivity contribution in [3.63, 3.8) is 0 Å². The van der Waals surface area contributed by atoms with E-state index < -0.39 is 18.2 Å². The number of ether oxygens (including phenoxy) is 2. The van der Waals surface area contributed by atoms with Gasteiger partial charge in [-0.1, -0.05) is 13.2 Å². The standard InChI is InChI=1S/C11H13NO5/c1-7(2)10(14)16-9(5-12-6-13)17-11(15)8(3)4/h9H,1,3,5H2,2,4H3. The Labute approximate surface area is 98.6 Å². The van der Waals surface area contributed by atoms with Gasteiger partial charge in [0.05, 0.1) is 0 Å². The zero-order valence-corrected chi connectivity index (χ0v) is 9.69. The molecule has 0 saturated heterocycles. The van der Waals surface area contributed by atoms with E-state index in [1.807, 2.05) is 0 Å². The van der Waals surface area contributed by atoms with Crippen molar-refractivity contribution in [2.24, 2.45) is 4.99 Å². The van der Waals surface area contributed by atoms with Crippen molar-refractivity contribution < 1.29 is 23.9 Å². The molecule has 0 atom stereocenters. The number of hydrogen-bond acceptors (Lipinski definition) is 6. The lowest BCUT2D eigenvalue weighted by atomic mass is 10.3. The Morgan fingerprint density at radius 3 is 1.88 bits per heavy atom. The smallest absolute Gasteiger partial charge is 0.336 e. The number of hydrogen-bond donors (Lipinski definition) is 0. The van der Waals surface area contributed by atoms with E-state index in [0.29, 0.717) is 0 Å². The van der Waals surface area contributed by atoms with Crippen molar-refractivity contribution in [1.29, 1.82) is 0 Å².